The molecule has 3 N–H and O–H groups in total. The smallest absolute Gasteiger partial charge is 0.328 e. The Labute approximate surface area is 152 Å². The lowest BCUT2D eigenvalue weighted by molar-refractivity contribution is -0.131. The predicted molar refractivity (Wildman–Crippen MR) is 103 cm³/mol. The van der Waals surface area contributed by atoms with E-state index in [2.05, 4.69) is 21.4 Å². The molecule has 0 spiro atoms. The zero-order chi connectivity index (χ0) is 18.1. The number of nitrogens with one attached hydrogen (secondary N) is 2. The maximum Gasteiger partial charge on any atom is 0.328 e. The number of hydrogen-bond acceptors (Lipinski definition) is 5. The van der Waals surface area contributed by atoms with Crippen molar-refractivity contribution in [2.75, 3.05) is 5.32 Å². The standard InChI is InChI=1S/C19H12N4O2S/c20-9-12-10-22-19-15(8-14(26-19)2-4-17(24)25)18(12)23-13-1-3-16-11(7-13)5-6-21-16/h1-8,10,21H,(H,22,23)(H,24,25)/b4-2+. The van der Waals surface area contributed by atoms with Crippen molar-refractivity contribution in [3.63, 3.8) is 0 Å². The fourth-order valence-electron chi connectivity index (χ4n) is 2.74. The van der Waals surface area contributed by atoms with Crippen LogP contribution < -0.4 is 5.32 Å². The van der Waals surface area contributed by atoms with Gasteiger partial charge < -0.3 is 15.4 Å². The van der Waals surface area contributed by atoms with Crippen molar-refractivity contribution in [1.29, 1.82) is 5.26 Å². The fourth-order valence-corrected chi connectivity index (χ4v) is 3.65. The molecule has 26 heavy (non-hydrogen) atoms. The van der Waals surface area contributed by atoms with Gasteiger partial charge in [-0.25, -0.2) is 9.78 Å². The highest BCUT2D eigenvalue weighted by Gasteiger charge is 2.12. The van der Waals surface area contributed by atoms with Crippen LogP contribution in [0.3, 0.4) is 0 Å². The fraction of sp³-hybridized carbons (Fsp3) is 0. The number of aromatic amines is 1. The third-order valence-corrected chi connectivity index (χ3v) is 4.92. The highest BCUT2D eigenvalue weighted by Crippen LogP contribution is 2.35. The van der Waals surface area contributed by atoms with Crippen LogP contribution in [0.1, 0.15) is 10.4 Å². The van der Waals surface area contributed by atoms with Crippen LogP contribution in [0.4, 0.5) is 11.4 Å². The largest absolute Gasteiger partial charge is 0.478 e. The number of carboxylic acid groups (broad SMARTS) is 1. The Morgan fingerprint density at radius 3 is 3.04 bits per heavy atom. The molecule has 3 heterocycles. The minimum Gasteiger partial charge on any atom is -0.478 e. The van der Waals surface area contributed by atoms with E-state index in [1.165, 1.54) is 23.6 Å². The number of thiophene rings is 1. The number of H-pyrrole nitrogens is 1. The van der Waals surface area contributed by atoms with Crippen molar-refractivity contribution in [1.82, 2.24) is 9.97 Å². The quantitative estimate of drug-likeness (QED) is 0.465. The molecular formula is C19H12N4O2S. The van der Waals surface area contributed by atoms with E-state index in [0.29, 0.717) is 11.3 Å². The van der Waals surface area contributed by atoms with Gasteiger partial charge in [0.2, 0.25) is 0 Å². The van der Waals surface area contributed by atoms with Crippen molar-refractivity contribution < 1.29 is 9.90 Å². The number of pyridine rings is 1. The van der Waals surface area contributed by atoms with Gasteiger partial charge in [-0.3, -0.25) is 0 Å². The Balaban J connectivity index is 1.81. The zero-order valence-corrected chi connectivity index (χ0v) is 14.2. The van der Waals surface area contributed by atoms with Gasteiger partial charge in [0.25, 0.3) is 0 Å². The molecule has 0 aliphatic rings. The topological polar surface area (TPSA) is 102 Å². The van der Waals surface area contributed by atoms with Gasteiger partial charge in [-0.2, -0.15) is 5.26 Å². The van der Waals surface area contributed by atoms with E-state index >= 15 is 0 Å². The second kappa shape index (κ2) is 6.35. The number of anilines is 2. The van der Waals surface area contributed by atoms with Gasteiger partial charge in [0.15, 0.2) is 0 Å². The number of aliphatic carboxylic acids is 1. The molecule has 0 saturated carbocycles. The van der Waals surface area contributed by atoms with Gasteiger partial charge in [-0.1, -0.05) is 0 Å². The number of fused-ring (bicyclic) bond motifs is 2. The average molecular weight is 360 g/mol. The summed E-state index contributed by atoms with van der Waals surface area (Å²) in [7, 11) is 0. The summed E-state index contributed by atoms with van der Waals surface area (Å²) < 4.78 is 0. The molecule has 3 aromatic heterocycles. The number of rotatable bonds is 4. The summed E-state index contributed by atoms with van der Waals surface area (Å²) in [5.74, 6) is -1.01. The van der Waals surface area contributed by atoms with Gasteiger partial charge in [-0.15, -0.1) is 11.3 Å². The predicted octanol–water partition coefficient (Wildman–Crippen LogP) is 4.49. The number of carboxylic acids is 1. The van der Waals surface area contributed by atoms with Crippen molar-refractivity contribution in [2.45, 2.75) is 0 Å². The molecule has 1 aromatic carbocycles. The number of hydrogen-bond donors (Lipinski definition) is 3. The Kier molecular flexibility index (Phi) is 3.88. The molecule has 0 saturated heterocycles. The van der Waals surface area contributed by atoms with Gasteiger partial charge in [0.1, 0.15) is 10.9 Å². The lowest BCUT2D eigenvalue weighted by Crippen LogP contribution is -1.95. The van der Waals surface area contributed by atoms with E-state index in [-0.39, 0.29) is 0 Å². The van der Waals surface area contributed by atoms with E-state index in [4.69, 9.17) is 5.11 Å². The van der Waals surface area contributed by atoms with Crippen LogP contribution in [0.15, 0.2) is 48.8 Å². The van der Waals surface area contributed by atoms with Gasteiger partial charge >= 0.3 is 5.97 Å². The maximum absolute atomic E-state index is 10.7. The van der Waals surface area contributed by atoms with Crippen LogP contribution in [0, 0.1) is 11.3 Å². The zero-order valence-electron chi connectivity index (χ0n) is 13.4. The molecule has 126 valence electrons. The first-order valence-corrected chi connectivity index (χ1v) is 8.53. The van der Waals surface area contributed by atoms with E-state index in [1.807, 2.05) is 36.5 Å². The van der Waals surface area contributed by atoms with Crippen LogP contribution in [0.2, 0.25) is 0 Å². The lowest BCUT2D eigenvalue weighted by Gasteiger charge is -2.09. The minimum atomic E-state index is -1.01. The molecule has 0 bridgehead atoms. The molecule has 0 amide bonds. The van der Waals surface area contributed by atoms with Gasteiger partial charge in [0.05, 0.1) is 11.3 Å². The molecule has 0 fully saturated rings. The highest BCUT2D eigenvalue weighted by molar-refractivity contribution is 7.19. The third-order valence-electron chi connectivity index (χ3n) is 3.91. The number of benzene rings is 1. The lowest BCUT2D eigenvalue weighted by atomic mass is 10.1. The van der Waals surface area contributed by atoms with Crippen molar-refractivity contribution in [2.24, 2.45) is 0 Å². The Hall–Kier alpha value is -3.63. The Morgan fingerprint density at radius 2 is 2.23 bits per heavy atom. The molecule has 0 atom stereocenters. The molecular weight excluding hydrogens is 348 g/mol. The second-order valence-corrected chi connectivity index (χ2v) is 6.66. The Bertz CT molecular complexity index is 1210. The van der Waals surface area contributed by atoms with Crippen LogP contribution >= 0.6 is 11.3 Å². The first kappa shape index (κ1) is 15.9. The van der Waals surface area contributed by atoms with Crippen molar-refractivity contribution in [3.05, 3.63) is 59.2 Å². The maximum atomic E-state index is 10.7. The summed E-state index contributed by atoms with van der Waals surface area (Å²) in [4.78, 5) is 19.7. The summed E-state index contributed by atoms with van der Waals surface area (Å²) in [6.07, 6.45) is 6.01. The molecule has 7 heteroatoms. The Morgan fingerprint density at radius 1 is 1.35 bits per heavy atom. The minimum absolute atomic E-state index is 0.429. The second-order valence-electron chi connectivity index (χ2n) is 5.60. The number of carbonyl (C=O) groups is 1. The van der Waals surface area contributed by atoms with Gasteiger partial charge in [-0.05, 0) is 36.4 Å². The molecule has 4 rings (SSSR count). The first-order chi connectivity index (χ1) is 12.6. The number of nitriles is 1. The SMILES string of the molecule is N#Cc1cnc2sc(/C=C/C(=O)O)cc2c1Nc1ccc2[nH]ccc2c1. The summed E-state index contributed by atoms with van der Waals surface area (Å²) in [5, 5.41) is 23.4. The summed E-state index contributed by atoms with van der Waals surface area (Å²) in [5.41, 5.74) is 2.99. The number of aromatic nitrogens is 2. The van der Waals surface area contributed by atoms with E-state index in [1.54, 1.807) is 0 Å². The summed E-state index contributed by atoms with van der Waals surface area (Å²) >= 11 is 1.37. The van der Waals surface area contributed by atoms with E-state index < -0.39 is 5.97 Å². The van der Waals surface area contributed by atoms with Crippen molar-refractivity contribution >= 4 is 55.9 Å². The monoisotopic (exact) mass is 360 g/mol. The van der Waals surface area contributed by atoms with Crippen molar-refractivity contribution in [3.8, 4) is 6.07 Å². The third kappa shape index (κ3) is 2.90. The number of nitrogens with zero attached hydrogens (tertiary/aromatic N) is 2. The molecule has 0 unspecified atom stereocenters. The van der Waals surface area contributed by atoms with Crippen LogP contribution in [0.5, 0.6) is 0 Å². The summed E-state index contributed by atoms with van der Waals surface area (Å²) in [6, 6.07) is 11.9. The molecule has 6 nitrogen and oxygen atoms in total. The van der Waals surface area contributed by atoms with Crippen LogP contribution in [-0.2, 0) is 4.79 Å². The normalized spacial score (nSPS) is 11.2. The average Bonchev–Trinajstić information content (AvgIpc) is 3.26. The first-order valence-electron chi connectivity index (χ1n) is 7.72. The van der Waals surface area contributed by atoms with Gasteiger partial charge in [0, 0.05) is 45.3 Å². The summed E-state index contributed by atoms with van der Waals surface area (Å²) in [6.45, 7) is 0. The molecule has 0 aliphatic heterocycles. The molecule has 0 radical (unpaired) electrons. The van der Waals surface area contributed by atoms with Crippen LogP contribution in [0.25, 0.3) is 27.2 Å². The van der Waals surface area contributed by atoms with E-state index in [0.717, 1.165) is 37.8 Å². The molecule has 0 aliphatic carbocycles. The van der Waals surface area contributed by atoms with E-state index in [9.17, 15) is 10.1 Å². The molecule has 4 aromatic rings. The highest BCUT2D eigenvalue weighted by atomic mass is 32.1. The van der Waals surface area contributed by atoms with Crippen LogP contribution in [-0.4, -0.2) is 21.0 Å².